The van der Waals surface area contributed by atoms with Crippen LogP contribution in [-0.4, -0.2) is 19.5 Å². The highest BCUT2D eigenvalue weighted by atomic mass is 16.3. The molecule has 0 saturated heterocycles. The maximum atomic E-state index is 6.48. The van der Waals surface area contributed by atoms with Crippen molar-refractivity contribution in [3.8, 4) is 62.1 Å². The van der Waals surface area contributed by atoms with E-state index >= 15 is 0 Å². The second kappa shape index (κ2) is 13.0. The van der Waals surface area contributed by atoms with Gasteiger partial charge in [-0.25, -0.2) is 4.98 Å². The van der Waals surface area contributed by atoms with Crippen LogP contribution in [0.3, 0.4) is 0 Å². The Hall–Kier alpha value is -7.63. The van der Waals surface area contributed by atoms with Gasteiger partial charge in [0.15, 0.2) is 11.6 Å². The Morgan fingerprint density at radius 1 is 0.339 bits per heavy atom. The summed E-state index contributed by atoms with van der Waals surface area (Å²) in [5.74, 6) is 1.77. The molecule has 0 unspecified atom stereocenters. The van der Waals surface area contributed by atoms with Gasteiger partial charge in [0.1, 0.15) is 11.2 Å². The summed E-state index contributed by atoms with van der Waals surface area (Å²) < 4.78 is 8.65. The number of hydrogen-bond donors (Lipinski definition) is 0. The van der Waals surface area contributed by atoms with E-state index in [2.05, 4.69) is 150 Å². The third kappa shape index (κ3) is 5.37. The highest BCUT2D eigenvalue weighted by Gasteiger charge is 2.19. The molecule has 0 N–H and O–H groups in total. The number of furan rings is 1. The number of fused-ring (bicyclic) bond motifs is 6. The van der Waals surface area contributed by atoms with Crippen molar-refractivity contribution in [2.75, 3.05) is 0 Å². The SMILES string of the molecule is c1ccc(-c2ccc3c(c2)c2ccccc2n3-c2nc(-c3ccccc3)nc(-c3cccc(-c4ccc5c(c4)oc4cccc(-c6ccccc6)c45)c3)n2)cc1. The average Bonchev–Trinajstić information content (AvgIpc) is 3.82. The van der Waals surface area contributed by atoms with Crippen molar-refractivity contribution in [1.82, 2.24) is 19.5 Å². The highest BCUT2D eigenvalue weighted by Crippen LogP contribution is 2.39. The predicted octanol–water partition coefficient (Wildman–Crippen LogP) is 13.2. The maximum Gasteiger partial charge on any atom is 0.238 e. The molecule has 0 aliphatic carbocycles. The van der Waals surface area contributed by atoms with E-state index < -0.39 is 0 Å². The maximum absolute atomic E-state index is 6.48. The molecule has 3 heterocycles. The second-order valence-electron chi connectivity index (χ2n) is 14.0. The number of aromatic nitrogens is 4. The average molecular weight is 717 g/mol. The standard InChI is InChI=1S/C51H32N4O/c1-4-14-33(15-5-1)37-27-29-45-43(31-37)41-22-10-11-24-44(41)55(45)51-53-49(35-18-8-3-9-19-35)52-50(54-51)39-21-12-20-36(30-39)38-26-28-42-47(32-38)56-46-25-13-23-40(48(42)46)34-16-6-2-7-17-34/h1-32H. The molecule has 0 aliphatic heterocycles. The second-order valence-corrected chi connectivity index (χ2v) is 14.0. The molecule has 0 atom stereocenters. The van der Waals surface area contributed by atoms with Gasteiger partial charge < -0.3 is 4.42 Å². The summed E-state index contributed by atoms with van der Waals surface area (Å²) >= 11 is 0. The van der Waals surface area contributed by atoms with Crippen molar-refractivity contribution < 1.29 is 4.42 Å². The van der Waals surface area contributed by atoms with Crippen molar-refractivity contribution >= 4 is 43.7 Å². The summed E-state index contributed by atoms with van der Waals surface area (Å²) in [6.07, 6.45) is 0. The molecule has 0 fully saturated rings. The fraction of sp³-hybridized carbons (Fsp3) is 0. The van der Waals surface area contributed by atoms with E-state index in [-0.39, 0.29) is 0 Å². The highest BCUT2D eigenvalue weighted by molar-refractivity contribution is 6.13. The lowest BCUT2D eigenvalue weighted by Gasteiger charge is -2.12. The van der Waals surface area contributed by atoms with Crippen LogP contribution in [0.4, 0.5) is 0 Å². The third-order valence-corrected chi connectivity index (χ3v) is 10.7. The molecule has 0 bridgehead atoms. The Balaban J connectivity index is 1.06. The molecule has 0 aliphatic rings. The van der Waals surface area contributed by atoms with E-state index in [1.54, 1.807) is 0 Å². The largest absolute Gasteiger partial charge is 0.456 e. The Labute approximate surface area is 322 Å². The first-order valence-corrected chi connectivity index (χ1v) is 18.8. The molecule has 11 aromatic rings. The zero-order valence-electron chi connectivity index (χ0n) is 30.2. The van der Waals surface area contributed by atoms with Gasteiger partial charge in [-0.05, 0) is 75.8 Å². The molecule has 0 amide bonds. The normalized spacial score (nSPS) is 11.6. The van der Waals surface area contributed by atoms with Crippen molar-refractivity contribution in [2.24, 2.45) is 0 Å². The van der Waals surface area contributed by atoms with Crippen molar-refractivity contribution in [3.63, 3.8) is 0 Å². The molecule has 56 heavy (non-hydrogen) atoms. The first-order chi connectivity index (χ1) is 27.7. The first-order valence-electron chi connectivity index (χ1n) is 18.8. The smallest absolute Gasteiger partial charge is 0.238 e. The molecule has 0 spiro atoms. The molecule has 0 saturated carbocycles. The van der Waals surface area contributed by atoms with Gasteiger partial charge in [0.2, 0.25) is 5.95 Å². The fourth-order valence-corrected chi connectivity index (χ4v) is 8.01. The zero-order valence-corrected chi connectivity index (χ0v) is 30.2. The Bertz CT molecular complexity index is 3240. The van der Waals surface area contributed by atoms with E-state index in [4.69, 9.17) is 19.4 Å². The minimum Gasteiger partial charge on any atom is -0.456 e. The summed E-state index contributed by atoms with van der Waals surface area (Å²) in [4.78, 5) is 15.5. The molecule has 8 aromatic carbocycles. The van der Waals surface area contributed by atoms with Gasteiger partial charge in [-0.2, -0.15) is 9.97 Å². The molecule has 262 valence electrons. The third-order valence-electron chi connectivity index (χ3n) is 10.7. The molecule has 5 heteroatoms. The van der Waals surface area contributed by atoms with Crippen molar-refractivity contribution in [3.05, 3.63) is 194 Å². The fourth-order valence-electron chi connectivity index (χ4n) is 8.01. The topological polar surface area (TPSA) is 56.7 Å². The van der Waals surface area contributed by atoms with Crippen molar-refractivity contribution in [2.45, 2.75) is 0 Å². The number of para-hydroxylation sites is 1. The molecule has 11 rings (SSSR count). The Morgan fingerprint density at radius 2 is 0.929 bits per heavy atom. The summed E-state index contributed by atoms with van der Waals surface area (Å²) in [6.45, 7) is 0. The molecule has 3 aromatic heterocycles. The minimum atomic E-state index is 0.566. The van der Waals surface area contributed by atoms with Crippen molar-refractivity contribution in [1.29, 1.82) is 0 Å². The van der Waals surface area contributed by atoms with Gasteiger partial charge in [-0.3, -0.25) is 4.57 Å². The molecular weight excluding hydrogens is 685 g/mol. The van der Waals surface area contributed by atoms with Crippen LogP contribution in [0.2, 0.25) is 0 Å². The quantitative estimate of drug-likeness (QED) is 0.172. The van der Waals surface area contributed by atoms with E-state index in [9.17, 15) is 0 Å². The van der Waals surface area contributed by atoms with Crippen LogP contribution in [0, 0.1) is 0 Å². The van der Waals surface area contributed by atoms with Gasteiger partial charge in [0, 0.05) is 32.7 Å². The number of hydrogen-bond acceptors (Lipinski definition) is 4. The van der Waals surface area contributed by atoms with Crippen LogP contribution in [0.25, 0.3) is 106 Å². The molecular formula is C51H32N4O. The lowest BCUT2D eigenvalue weighted by atomic mass is 9.97. The molecule has 0 radical (unpaired) electrons. The van der Waals surface area contributed by atoms with E-state index in [0.717, 1.165) is 77.1 Å². The lowest BCUT2D eigenvalue weighted by Crippen LogP contribution is -2.06. The van der Waals surface area contributed by atoms with Crippen LogP contribution in [0.1, 0.15) is 0 Å². The van der Waals surface area contributed by atoms with Crippen LogP contribution < -0.4 is 0 Å². The number of rotatable bonds is 6. The van der Waals surface area contributed by atoms with Gasteiger partial charge in [0.05, 0.1) is 11.0 Å². The minimum absolute atomic E-state index is 0.566. The van der Waals surface area contributed by atoms with Gasteiger partial charge in [-0.15, -0.1) is 0 Å². The van der Waals surface area contributed by atoms with E-state index in [0.29, 0.717) is 17.6 Å². The van der Waals surface area contributed by atoms with Gasteiger partial charge in [0.25, 0.3) is 0 Å². The van der Waals surface area contributed by atoms with Crippen LogP contribution in [-0.2, 0) is 0 Å². The molecule has 5 nitrogen and oxygen atoms in total. The summed E-state index contributed by atoms with van der Waals surface area (Å²) in [7, 11) is 0. The number of benzene rings is 8. The van der Waals surface area contributed by atoms with Crippen LogP contribution in [0.5, 0.6) is 0 Å². The first kappa shape index (κ1) is 31.9. The van der Waals surface area contributed by atoms with Gasteiger partial charge >= 0.3 is 0 Å². The van der Waals surface area contributed by atoms with Gasteiger partial charge in [-0.1, -0.05) is 152 Å². The predicted molar refractivity (Wildman–Crippen MR) is 229 cm³/mol. The monoisotopic (exact) mass is 716 g/mol. The van der Waals surface area contributed by atoms with Crippen LogP contribution >= 0.6 is 0 Å². The summed E-state index contributed by atoms with van der Waals surface area (Å²) in [5.41, 5.74) is 12.4. The summed E-state index contributed by atoms with van der Waals surface area (Å²) in [6, 6.07) is 67.4. The van der Waals surface area contributed by atoms with E-state index in [1.807, 2.05) is 48.5 Å². The zero-order chi connectivity index (χ0) is 37.0. The summed E-state index contributed by atoms with van der Waals surface area (Å²) in [5, 5.41) is 4.50. The Morgan fingerprint density at radius 3 is 1.73 bits per heavy atom. The van der Waals surface area contributed by atoms with Crippen LogP contribution in [0.15, 0.2) is 199 Å². The van der Waals surface area contributed by atoms with E-state index in [1.165, 1.54) is 11.1 Å². The number of nitrogens with zero attached hydrogens (tertiary/aromatic N) is 4. The Kier molecular flexibility index (Phi) is 7.42. The lowest BCUT2D eigenvalue weighted by molar-refractivity contribution is 0.669.